The van der Waals surface area contributed by atoms with Crippen LogP contribution in [0.15, 0.2) is 40.8 Å². The standard InChI is InChI=1S/C21H31N5S/c1-16-8-10-26(11-9-16)20-7-6-18(14-23-20)15-25-21(22-3)24-13-17(2)19-5-4-12-27-19/h4-7,12,14,16-17H,8-11,13,15H2,1-3H3,(H2,22,24,25). The third-order valence-electron chi connectivity index (χ3n) is 5.20. The maximum Gasteiger partial charge on any atom is 0.191 e. The van der Waals surface area contributed by atoms with Crippen LogP contribution in [0.25, 0.3) is 0 Å². The summed E-state index contributed by atoms with van der Waals surface area (Å²) in [5.41, 5.74) is 1.17. The highest BCUT2D eigenvalue weighted by Gasteiger charge is 2.16. The SMILES string of the molecule is CN=C(NCc1ccc(N2CCC(C)CC2)nc1)NCC(C)c1cccs1. The number of hydrogen-bond donors (Lipinski definition) is 2. The normalized spacial score (nSPS) is 17.0. The summed E-state index contributed by atoms with van der Waals surface area (Å²) in [4.78, 5) is 12.8. The number of hydrogen-bond acceptors (Lipinski definition) is 4. The van der Waals surface area contributed by atoms with E-state index in [1.54, 1.807) is 11.3 Å². The lowest BCUT2D eigenvalue weighted by Gasteiger charge is -2.31. The van der Waals surface area contributed by atoms with Gasteiger partial charge in [-0.05, 0) is 41.8 Å². The van der Waals surface area contributed by atoms with E-state index in [-0.39, 0.29) is 0 Å². The van der Waals surface area contributed by atoms with Gasteiger partial charge in [-0.15, -0.1) is 11.3 Å². The Morgan fingerprint density at radius 1 is 1.30 bits per heavy atom. The van der Waals surface area contributed by atoms with E-state index in [1.807, 2.05) is 13.2 Å². The third-order valence-corrected chi connectivity index (χ3v) is 6.31. The van der Waals surface area contributed by atoms with Crippen LogP contribution >= 0.6 is 11.3 Å². The molecule has 1 aliphatic rings. The number of piperidine rings is 1. The summed E-state index contributed by atoms with van der Waals surface area (Å²) in [6.45, 7) is 8.38. The molecule has 1 saturated heterocycles. The van der Waals surface area contributed by atoms with E-state index in [1.165, 1.54) is 23.3 Å². The highest BCUT2D eigenvalue weighted by Crippen LogP contribution is 2.21. The fourth-order valence-electron chi connectivity index (χ4n) is 3.27. The molecule has 1 unspecified atom stereocenters. The molecule has 3 rings (SSSR count). The fourth-order valence-corrected chi connectivity index (χ4v) is 4.06. The van der Waals surface area contributed by atoms with Crippen LogP contribution in [0, 0.1) is 5.92 Å². The van der Waals surface area contributed by atoms with Gasteiger partial charge in [0, 0.05) is 50.2 Å². The summed E-state index contributed by atoms with van der Waals surface area (Å²) < 4.78 is 0. The van der Waals surface area contributed by atoms with Crippen LogP contribution in [0.5, 0.6) is 0 Å². The quantitative estimate of drug-likeness (QED) is 0.586. The molecule has 27 heavy (non-hydrogen) atoms. The Labute approximate surface area is 166 Å². The molecule has 1 aliphatic heterocycles. The zero-order valence-corrected chi connectivity index (χ0v) is 17.4. The summed E-state index contributed by atoms with van der Waals surface area (Å²) in [7, 11) is 1.81. The monoisotopic (exact) mass is 385 g/mol. The van der Waals surface area contributed by atoms with Crippen LogP contribution in [0.4, 0.5) is 5.82 Å². The van der Waals surface area contributed by atoms with Gasteiger partial charge in [0.1, 0.15) is 5.82 Å². The molecule has 5 nitrogen and oxygen atoms in total. The number of nitrogens with zero attached hydrogens (tertiary/aromatic N) is 3. The van der Waals surface area contributed by atoms with Gasteiger partial charge in [-0.25, -0.2) is 4.98 Å². The van der Waals surface area contributed by atoms with Gasteiger partial charge in [0.15, 0.2) is 5.96 Å². The van der Waals surface area contributed by atoms with Crippen molar-refractivity contribution in [1.29, 1.82) is 0 Å². The van der Waals surface area contributed by atoms with E-state index in [9.17, 15) is 0 Å². The molecule has 146 valence electrons. The van der Waals surface area contributed by atoms with Crippen LogP contribution < -0.4 is 15.5 Å². The molecule has 2 aromatic rings. The molecule has 1 atom stereocenters. The van der Waals surface area contributed by atoms with Crippen molar-refractivity contribution < 1.29 is 0 Å². The average Bonchev–Trinajstić information content (AvgIpc) is 3.24. The Morgan fingerprint density at radius 2 is 2.11 bits per heavy atom. The molecule has 2 aromatic heterocycles. The van der Waals surface area contributed by atoms with Crippen molar-refractivity contribution in [3.05, 3.63) is 46.3 Å². The molecule has 1 fully saturated rings. The molecule has 0 saturated carbocycles. The summed E-state index contributed by atoms with van der Waals surface area (Å²) in [5.74, 6) is 3.23. The highest BCUT2D eigenvalue weighted by molar-refractivity contribution is 7.10. The van der Waals surface area contributed by atoms with E-state index in [2.05, 4.69) is 69.0 Å². The van der Waals surface area contributed by atoms with Gasteiger partial charge in [0.25, 0.3) is 0 Å². The summed E-state index contributed by atoms with van der Waals surface area (Å²) >= 11 is 1.80. The van der Waals surface area contributed by atoms with Gasteiger partial charge in [-0.2, -0.15) is 0 Å². The van der Waals surface area contributed by atoms with Gasteiger partial charge < -0.3 is 15.5 Å². The Hall–Kier alpha value is -2.08. The minimum atomic E-state index is 0.469. The molecule has 6 heteroatoms. The Balaban J connectivity index is 1.45. The average molecular weight is 386 g/mol. The second-order valence-electron chi connectivity index (χ2n) is 7.42. The minimum absolute atomic E-state index is 0.469. The third kappa shape index (κ3) is 5.70. The van der Waals surface area contributed by atoms with Gasteiger partial charge in [0.2, 0.25) is 0 Å². The molecule has 0 aromatic carbocycles. The molecule has 0 amide bonds. The van der Waals surface area contributed by atoms with Crippen LogP contribution in [0.1, 0.15) is 43.0 Å². The summed E-state index contributed by atoms with van der Waals surface area (Å²) in [6.07, 6.45) is 4.50. The predicted molar refractivity (Wildman–Crippen MR) is 116 cm³/mol. The predicted octanol–water partition coefficient (Wildman–Crippen LogP) is 3.85. The van der Waals surface area contributed by atoms with E-state index in [0.29, 0.717) is 5.92 Å². The van der Waals surface area contributed by atoms with Crippen molar-refractivity contribution in [3.63, 3.8) is 0 Å². The van der Waals surface area contributed by atoms with Gasteiger partial charge in [-0.1, -0.05) is 26.0 Å². The lowest BCUT2D eigenvalue weighted by molar-refractivity contribution is 0.436. The van der Waals surface area contributed by atoms with E-state index >= 15 is 0 Å². The minimum Gasteiger partial charge on any atom is -0.357 e. The Morgan fingerprint density at radius 3 is 2.74 bits per heavy atom. The first-order valence-electron chi connectivity index (χ1n) is 9.83. The van der Waals surface area contributed by atoms with E-state index < -0.39 is 0 Å². The summed E-state index contributed by atoms with van der Waals surface area (Å²) in [6, 6.07) is 8.59. The highest BCUT2D eigenvalue weighted by atomic mass is 32.1. The molecule has 0 aliphatic carbocycles. The van der Waals surface area contributed by atoms with Crippen molar-refractivity contribution >= 4 is 23.1 Å². The van der Waals surface area contributed by atoms with Crippen LogP contribution in [0.3, 0.4) is 0 Å². The topological polar surface area (TPSA) is 52.6 Å². The van der Waals surface area contributed by atoms with Crippen LogP contribution in [-0.4, -0.2) is 37.6 Å². The maximum atomic E-state index is 4.67. The zero-order chi connectivity index (χ0) is 19.1. The number of guanidine groups is 1. The van der Waals surface area contributed by atoms with Crippen molar-refractivity contribution in [2.24, 2.45) is 10.9 Å². The number of rotatable bonds is 6. The largest absolute Gasteiger partial charge is 0.357 e. The second-order valence-corrected chi connectivity index (χ2v) is 8.40. The summed E-state index contributed by atoms with van der Waals surface area (Å²) in [5, 5.41) is 8.92. The molecule has 2 N–H and O–H groups in total. The maximum absolute atomic E-state index is 4.67. The van der Waals surface area contributed by atoms with E-state index in [0.717, 1.165) is 43.9 Å². The number of anilines is 1. The van der Waals surface area contributed by atoms with Gasteiger partial charge >= 0.3 is 0 Å². The first-order chi connectivity index (χ1) is 13.2. The molecule has 0 spiro atoms. The molecule has 0 radical (unpaired) electrons. The van der Waals surface area contributed by atoms with Crippen molar-refractivity contribution in [1.82, 2.24) is 15.6 Å². The molecule has 0 bridgehead atoms. The lowest BCUT2D eigenvalue weighted by Crippen LogP contribution is -2.38. The molecular formula is C21H31N5S. The second kappa shape index (κ2) is 9.74. The number of aromatic nitrogens is 1. The van der Waals surface area contributed by atoms with Crippen molar-refractivity contribution in [2.45, 2.75) is 39.2 Å². The molecular weight excluding hydrogens is 354 g/mol. The van der Waals surface area contributed by atoms with Gasteiger partial charge in [0.05, 0.1) is 0 Å². The number of aliphatic imine (C=N–C) groups is 1. The van der Waals surface area contributed by atoms with E-state index in [4.69, 9.17) is 0 Å². The smallest absolute Gasteiger partial charge is 0.191 e. The number of thiophene rings is 1. The fraction of sp³-hybridized carbons (Fsp3) is 0.524. The Kier molecular flexibility index (Phi) is 7.10. The van der Waals surface area contributed by atoms with Crippen LogP contribution in [0.2, 0.25) is 0 Å². The number of pyridine rings is 1. The first-order valence-corrected chi connectivity index (χ1v) is 10.7. The van der Waals surface area contributed by atoms with Crippen molar-refractivity contribution in [2.75, 3.05) is 31.6 Å². The lowest BCUT2D eigenvalue weighted by atomic mass is 9.99. The van der Waals surface area contributed by atoms with Crippen molar-refractivity contribution in [3.8, 4) is 0 Å². The zero-order valence-electron chi connectivity index (χ0n) is 16.6. The number of nitrogens with one attached hydrogen (secondary N) is 2. The first kappa shape index (κ1) is 19.7. The van der Waals surface area contributed by atoms with Gasteiger partial charge in [-0.3, -0.25) is 4.99 Å². The molecule has 3 heterocycles. The Bertz CT molecular complexity index is 703. The van der Waals surface area contributed by atoms with Crippen LogP contribution in [-0.2, 0) is 6.54 Å².